The van der Waals surface area contributed by atoms with Crippen molar-refractivity contribution in [1.82, 2.24) is 19.1 Å². The molecule has 128 valence electrons. The largest absolute Gasteiger partial charge is 0.250 e. The van der Waals surface area contributed by atoms with Crippen molar-refractivity contribution in [2.75, 3.05) is 0 Å². The van der Waals surface area contributed by atoms with Crippen molar-refractivity contribution in [3.05, 3.63) is 42.0 Å². The Morgan fingerprint density at radius 3 is 2.33 bits per heavy atom. The molecule has 0 N–H and O–H groups in total. The van der Waals surface area contributed by atoms with Gasteiger partial charge in [-0.2, -0.15) is 9.40 Å². The van der Waals surface area contributed by atoms with E-state index in [-0.39, 0.29) is 18.1 Å². The Balaban J connectivity index is 1.64. The molecule has 0 aliphatic carbocycles. The fraction of sp³-hybridized carbons (Fsp3) is 0.529. The molecule has 2 aliphatic rings. The van der Waals surface area contributed by atoms with E-state index in [1.54, 1.807) is 29.1 Å². The summed E-state index contributed by atoms with van der Waals surface area (Å²) in [6.07, 6.45) is 6.76. The molecule has 24 heavy (non-hydrogen) atoms. The molecule has 2 aromatic rings. The minimum atomic E-state index is -3.44. The van der Waals surface area contributed by atoms with Crippen molar-refractivity contribution in [1.29, 1.82) is 0 Å². The summed E-state index contributed by atoms with van der Waals surface area (Å²) in [6.45, 7) is 3.96. The van der Waals surface area contributed by atoms with E-state index in [2.05, 4.69) is 10.1 Å². The predicted octanol–water partition coefficient (Wildman–Crippen LogP) is 2.45. The zero-order valence-electron chi connectivity index (χ0n) is 14.0. The Bertz CT molecular complexity index is 833. The number of nitrogens with zero attached hydrogens (tertiary/aromatic N) is 4. The van der Waals surface area contributed by atoms with Crippen LogP contribution in [0.1, 0.15) is 42.9 Å². The molecule has 0 saturated carbocycles. The number of fused-ring (bicyclic) bond motifs is 2. The molecule has 0 spiro atoms. The lowest BCUT2D eigenvalue weighted by atomic mass is 10.0. The summed E-state index contributed by atoms with van der Waals surface area (Å²) in [4.78, 5) is 4.44. The van der Waals surface area contributed by atoms with Gasteiger partial charge in [-0.05, 0) is 62.8 Å². The van der Waals surface area contributed by atoms with Crippen LogP contribution in [0.5, 0.6) is 0 Å². The molecule has 2 atom stereocenters. The Hall–Kier alpha value is -1.73. The molecule has 4 rings (SSSR count). The molecule has 2 saturated heterocycles. The maximum atomic E-state index is 13.2. The molecule has 1 aromatic heterocycles. The number of benzene rings is 1. The van der Waals surface area contributed by atoms with E-state index in [1.165, 1.54) is 0 Å². The van der Waals surface area contributed by atoms with Crippen molar-refractivity contribution in [3.63, 3.8) is 0 Å². The maximum Gasteiger partial charge on any atom is 0.243 e. The van der Waals surface area contributed by atoms with E-state index in [1.807, 2.05) is 24.6 Å². The van der Waals surface area contributed by atoms with Crippen molar-refractivity contribution < 1.29 is 8.42 Å². The first-order valence-electron chi connectivity index (χ1n) is 8.41. The van der Waals surface area contributed by atoms with E-state index >= 15 is 0 Å². The highest BCUT2D eigenvalue weighted by Crippen LogP contribution is 2.43. The van der Waals surface area contributed by atoms with Gasteiger partial charge in [-0.15, -0.1) is 0 Å². The van der Waals surface area contributed by atoms with Gasteiger partial charge in [0.05, 0.1) is 10.9 Å². The van der Waals surface area contributed by atoms with E-state index < -0.39 is 10.0 Å². The molecule has 3 heterocycles. The Morgan fingerprint density at radius 1 is 1.04 bits per heavy atom. The van der Waals surface area contributed by atoms with Crippen molar-refractivity contribution >= 4 is 10.0 Å². The number of hydrogen-bond donors (Lipinski definition) is 0. The molecule has 1 aromatic carbocycles. The zero-order valence-corrected chi connectivity index (χ0v) is 14.8. The molecule has 2 bridgehead atoms. The van der Waals surface area contributed by atoms with Gasteiger partial charge in [-0.25, -0.2) is 18.1 Å². The summed E-state index contributed by atoms with van der Waals surface area (Å²) >= 11 is 0. The monoisotopic (exact) mass is 346 g/mol. The molecule has 0 radical (unpaired) electrons. The number of aromatic nitrogens is 3. The van der Waals surface area contributed by atoms with Crippen LogP contribution in [0.25, 0.3) is 0 Å². The third-order valence-electron chi connectivity index (χ3n) is 5.51. The Labute approximate surface area is 142 Å². The van der Waals surface area contributed by atoms with Crippen molar-refractivity contribution in [2.24, 2.45) is 0 Å². The van der Waals surface area contributed by atoms with Gasteiger partial charge in [0.25, 0.3) is 0 Å². The van der Waals surface area contributed by atoms with Gasteiger partial charge in [-0.3, -0.25) is 0 Å². The second kappa shape index (κ2) is 5.67. The second-order valence-electron chi connectivity index (χ2n) is 6.97. The average Bonchev–Trinajstić information content (AvgIpc) is 3.17. The summed E-state index contributed by atoms with van der Waals surface area (Å²) in [5.74, 6) is 0. The summed E-state index contributed by atoms with van der Waals surface area (Å²) in [6, 6.07) is 5.80. The van der Waals surface area contributed by atoms with Crippen molar-refractivity contribution in [3.8, 4) is 0 Å². The van der Waals surface area contributed by atoms with Crippen LogP contribution >= 0.6 is 0 Å². The topological polar surface area (TPSA) is 68.1 Å². The normalized spacial score (nSPS) is 27.5. The molecule has 2 aliphatic heterocycles. The van der Waals surface area contributed by atoms with E-state index in [4.69, 9.17) is 0 Å². The van der Waals surface area contributed by atoms with Crippen molar-refractivity contribution in [2.45, 2.75) is 62.6 Å². The lowest BCUT2D eigenvalue weighted by Crippen LogP contribution is -2.46. The Morgan fingerprint density at radius 2 is 1.75 bits per heavy atom. The van der Waals surface area contributed by atoms with E-state index in [0.29, 0.717) is 4.90 Å². The molecule has 6 nitrogen and oxygen atoms in total. The smallest absolute Gasteiger partial charge is 0.243 e. The fourth-order valence-electron chi connectivity index (χ4n) is 4.12. The van der Waals surface area contributed by atoms with Crippen LogP contribution in [0.15, 0.2) is 35.7 Å². The minimum Gasteiger partial charge on any atom is -0.250 e. The second-order valence-corrected chi connectivity index (χ2v) is 8.81. The van der Waals surface area contributed by atoms with Crippen LogP contribution in [-0.2, 0) is 10.0 Å². The summed E-state index contributed by atoms with van der Waals surface area (Å²) in [7, 11) is -3.44. The fourth-order valence-corrected chi connectivity index (χ4v) is 6.09. The number of piperidine rings is 1. The average molecular weight is 346 g/mol. The zero-order chi connectivity index (χ0) is 16.9. The molecule has 7 heteroatoms. The first-order chi connectivity index (χ1) is 11.5. The molecular weight excluding hydrogens is 324 g/mol. The predicted molar refractivity (Wildman–Crippen MR) is 90.0 cm³/mol. The SMILES string of the molecule is Cc1ccc(S(=O)(=O)N2C3CCC2CC(n2cncn2)C3)cc1C. The minimum absolute atomic E-state index is 0.0598. The quantitative estimate of drug-likeness (QED) is 0.856. The summed E-state index contributed by atoms with van der Waals surface area (Å²) < 4.78 is 30.0. The molecule has 0 amide bonds. The van der Waals surface area contributed by atoms with Gasteiger partial charge in [0.2, 0.25) is 10.0 Å². The van der Waals surface area contributed by atoms with Crippen LogP contribution in [0.2, 0.25) is 0 Å². The van der Waals surface area contributed by atoms with E-state index in [0.717, 1.165) is 36.8 Å². The van der Waals surface area contributed by atoms with Crippen LogP contribution in [-0.4, -0.2) is 39.6 Å². The maximum absolute atomic E-state index is 13.2. The van der Waals surface area contributed by atoms with Gasteiger partial charge in [0.1, 0.15) is 12.7 Å². The van der Waals surface area contributed by atoms with Gasteiger partial charge in [0, 0.05) is 12.1 Å². The van der Waals surface area contributed by atoms with Crippen LogP contribution in [0.4, 0.5) is 0 Å². The standard InChI is InChI=1S/C17H22N4O2S/c1-12-3-6-17(7-13(12)2)24(22,23)21-14-4-5-15(21)9-16(8-14)20-11-18-10-19-20/h3,6-7,10-11,14-16H,4-5,8-9H2,1-2H3. The Kier molecular flexibility index (Phi) is 3.73. The van der Waals surface area contributed by atoms with Gasteiger partial charge < -0.3 is 0 Å². The number of rotatable bonds is 3. The third kappa shape index (κ3) is 2.46. The lowest BCUT2D eigenvalue weighted by Gasteiger charge is -2.37. The first-order valence-corrected chi connectivity index (χ1v) is 9.86. The van der Waals surface area contributed by atoms with Gasteiger partial charge in [-0.1, -0.05) is 6.07 Å². The first kappa shape index (κ1) is 15.8. The van der Waals surface area contributed by atoms with Crippen LogP contribution in [0, 0.1) is 13.8 Å². The summed E-state index contributed by atoms with van der Waals surface area (Å²) in [5, 5.41) is 4.24. The molecular formula is C17H22N4O2S. The van der Waals surface area contributed by atoms with Crippen LogP contribution < -0.4 is 0 Å². The number of hydrogen-bond acceptors (Lipinski definition) is 4. The molecule has 2 unspecified atom stereocenters. The van der Waals surface area contributed by atoms with Gasteiger partial charge in [0.15, 0.2) is 0 Å². The highest BCUT2D eigenvalue weighted by Gasteiger charge is 2.47. The lowest BCUT2D eigenvalue weighted by molar-refractivity contribution is 0.184. The van der Waals surface area contributed by atoms with Crippen LogP contribution in [0.3, 0.4) is 0 Å². The number of sulfonamides is 1. The third-order valence-corrected chi connectivity index (χ3v) is 7.51. The molecule has 2 fully saturated rings. The highest BCUT2D eigenvalue weighted by atomic mass is 32.2. The number of aryl methyl sites for hydroxylation is 2. The van der Waals surface area contributed by atoms with Gasteiger partial charge >= 0.3 is 0 Å². The van der Waals surface area contributed by atoms with E-state index in [9.17, 15) is 8.42 Å². The summed E-state index contributed by atoms with van der Waals surface area (Å²) in [5.41, 5.74) is 2.13. The highest BCUT2D eigenvalue weighted by molar-refractivity contribution is 7.89.